The molecule has 1 aliphatic carbocycles. The molecule has 2 unspecified atom stereocenters. The Bertz CT molecular complexity index is 431. The maximum atomic E-state index is 6.09. The zero-order valence-corrected chi connectivity index (χ0v) is 13.2. The molecule has 0 radical (unpaired) electrons. The fourth-order valence-corrected chi connectivity index (χ4v) is 3.77. The van der Waals surface area contributed by atoms with Crippen LogP contribution in [0.1, 0.15) is 44.6 Å². The number of nitrogens with one attached hydrogen (secondary N) is 1. The van der Waals surface area contributed by atoms with E-state index in [-0.39, 0.29) is 6.10 Å². The van der Waals surface area contributed by atoms with E-state index in [1.165, 1.54) is 37.7 Å². The number of benzene rings is 1. The van der Waals surface area contributed by atoms with Crippen molar-refractivity contribution in [3.8, 4) is 5.75 Å². The first kappa shape index (κ1) is 14.9. The van der Waals surface area contributed by atoms with Crippen LogP contribution in [0.5, 0.6) is 5.75 Å². The quantitative estimate of drug-likeness (QED) is 0.899. The first-order chi connectivity index (χ1) is 10.3. The van der Waals surface area contributed by atoms with Gasteiger partial charge in [-0.3, -0.25) is 0 Å². The number of hydrogen-bond donors (Lipinski definition) is 1. The first-order valence-corrected chi connectivity index (χ1v) is 8.27. The summed E-state index contributed by atoms with van der Waals surface area (Å²) in [5, 5.41) is 3.80. The summed E-state index contributed by atoms with van der Waals surface area (Å²) in [6.07, 6.45) is 7.12. The van der Waals surface area contributed by atoms with Gasteiger partial charge in [0.15, 0.2) is 0 Å². The second-order valence-corrected chi connectivity index (χ2v) is 6.52. The number of methoxy groups -OCH3 is 1. The van der Waals surface area contributed by atoms with Crippen LogP contribution in [0.15, 0.2) is 24.3 Å². The van der Waals surface area contributed by atoms with Crippen LogP contribution in [-0.4, -0.2) is 25.3 Å². The van der Waals surface area contributed by atoms with Crippen molar-refractivity contribution in [2.45, 2.75) is 63.8 Å². The van der Waals surface area contributed by atoms with Gasteiger partial charge < -0.3 is 14.8 Å². The first-order valence-electron chi connectivity index (χ1n) is 8.27. The van der Waals surface area contributed by atoms with Crippen LogP contribution < -0.4 is 10.1 Å². The average molecular weight is 289 g/mol. The normalized spacial score (nSPS) is 29.9. The van der Waals surface area contributed by atoms with Gasteiger partial charge in [0.25, 0.3) is 0 Å². The van der Waals surface area contributed by atoms with Gasteiger partial charge in [0, 0.05) is 12.1 Å². The second kappa shape index (κ2) is 6.80. The molecule has 3 nitrogen and oxygen atoms in total. The Kier molecular flexibility index (Phi) is 4.81. The Balaban J connectivity index is 1.48. The van der Waals surface area contributed by atoms with Crippen molar-refractivity contribution in [3.63, 3.8) is 0 Å². The van der Waals surface area contributed by atoms with Crippen LogP contribution in [0, 0.1) is 5.92 Å². The van der Waals surface area contributed by atoms with E-state index in [1.54, 1.807) is 7.11 Å². The van der Waals surface area contributed by atoms with Crippen LogP contribution in [-0.2, 0) is 11.3 Å². The molecule has 1 heterocycles. The van der Waals surface area contributed by atoms with Gasteiger partial charge in [-0.2, -0.15) is 0 Å². The molecule has 21 heavy (non-hydrogen) atoms. The predicted molar refractivity (Wildman–Crippen MR) is 84.5 cm³/mol. The lowest BCUT2D eigenvalue weighted by atomic mass is 9.85. The van der Waals surface area contributed by atoms with E-state index in [1.807, 2.05) is 12.1 Å². The molecule has 3 heteroatoms. The second-order valence-electron chi connectivity index (χ2n) is 6.52. The Morgan fingerprint density at radius 2 is 1.95 bits per heavy atom. The van der Waals surface area contributed by atoms with E-state index in [2.05, 4.69) is 24.4 Å². The van der Waals surface area contributed by atoms with Crippen LogP contribution in [0.4, 0.5) is 0 Å². The van der Waals surface area contributed by atoms with Crippen LogP contribution >= 0.6 is 0 Å². The van der Waals surface area contributed by atoms with Crippen molar-refractivity contribution in [2.24, 2.45) is 5.92 Å². The lowest BCUT2D eigenvalue weighted by Gasteiger charge is -2.24. The molecule has 0 spiro atoms. The zero-order chi connectivity index (χ0) is 14.7. The highest BCUT2D eigenvalue weighted by Crippen LogP contribution is 2.34. The maximum Gasteiger partial charge on any atom is 0.118 e. The molecule has 4 atom stereocenters. The van der Waals surface area contributed by atoms with Gasteiger partial charge in [-0.05, 0) is 49.8 Å². The third-order valence-electron chi connectivity index (χ3n) is 5.13. The molecule has 2 aliphatic rings. The molecule has 1 saturated carbocycles. The lowest BCUT2D eigenvalue weighted by Crippen LogP contribution is -2.39. The third-order valence-corrected chi connectivity index (χ3v) is 5.13. The summed E-state index contributed by atoms with van der Waals surface area (Å²) in [6.45, 7) is 2.89. The minimum absolute atomic E-state index is 0.276. The van der Waals surface area contributed by atoms with Gasteiger partial charge in [0.1, 0.15) is 5.75 Å². The summed E-state index contributed by atoms with van der Waals surface area (Å²) in [7, 11) is 1.69. The smallest absolute Gasteiger partial charge is 0.118 e. The van der Waals surface area contributed by atoms with Gasteiger partial charge in [-0.25, -0.2) is 0 Å². The largest absolute Gasteiger partial charge is 0.497 e. The lowest BCUT2D eigenvalue weighted by molar-refractivity contribution is 0.0300. The van der Waals surface area contributed by atoms with Crippen molar-refractivity contribution in [3.05, 3.63) is 29.8 Å². The van der Waals surface area contributed by atoms with E-state index < -0.39 is 0 Å². The minimum Gasteiger partial charge on any atom is -0.497 e. The molecular weight excluding hydrogens is 262 g/mol. The molecule has 1 N–H and O–H groups in total. The van der Waals surface area contributed by atoms with Gasteiger partial charge in [0.2, 0.25) is 0 Å². The van der Waals surface area contributed by atoms with Crippen molar-refractivity contribution < 1.29 is 9.47 Å². The Hall–Kier alpha value is -1.06. The Morgan fingerprint density at radius 1 is 1.19 bits per heavy atom. The highest BCUT2D eigenvalue weighted by Gasteiger charge is 2.37. The summed E-state index contributed by atoms with van der Waals surface area (Å²) < 4.78 is 11.3. The maximum absolute atomic E-state index is 6.09. The van der Waals surface area contributed by atoms with Crippen molar-refractivity contribution >= 4 is 0 Å². The standard InChI is InChI=1S/C18H27NO2/c1-13(18-11-15-5-3-4-6-17(15)19-18)21-12-14-7-9-16(20-2)10-8-14/h7-10,13,15,17-19H,3-6,11-12H2,1-2H3/t13?,15-,17-,18?/m0/s1. The molecule has 3 rings (SSSR count). The number of ether oxygens (including phenoxy) is 2. The molecule has 1 aromatic carbocycles. The van der Waals surface area contributed by atoms with Crippen molar-refractivity contribution in [1.29, 1.82) is 0 Å². The number of fused-ring (bicyclic) bond motifs is 1. The third kappa shape index (κ3) is 3.58. The van der Waals surface area contributed by atoms with E-state index in [9.17, 15) is 0 Å². The fourth-order valence-electron chi connectivity index (χ4n) is 3.77. The zero-order valence-electron chi connectivity index (χ0n) is 13.2. The van der Waals surface area contributed by atoms with E-state index in [0.717, 1.165) is 17.7 Å². The van der Waals surface area contributed by atoms with E-state index >= 15 is 0 Å². The van der Waals surface area contributed by atoms with Crippen LogP contribution in [0.2, 0.25) is 0 Å². The Morgan fingerprint density at radius 3 is 2.67 bits per heavy atom. The molecule has 0 aromatic heterocycles. The van der Waals surface area contributed by atoms with Crippen LogP contribution in [0.3, 0.4) is 0 Å². The van der Waals surface area contributed by atoms with E-state index in [0.29, 0.717) is 12.6 Å². The molecule has 0 amide bonds. The summed E-state index contributed by atoms with van der Waals surface area (Å²) >= 11 is 0. The summed E-state index contributed by atoms with van der Waals surface area (Å²) in [4.78, 5) is 0. The average Bonchev–Trinajstić information content (AvgIpc) is 2.97. The predicted octanol–water partition coefficient (Wildman–Crippen LogP) is 3.52. The molecule has 1 aromatic rings. The van der Waals surface area contributed by atoms with Gasteiger partial charge in [-0.15, -0.1) is 0 Å². The summed E-state index contributed by atoms with van der Waals surface area (Å²) in [6, 6.07) is 9.41. The summed E-state index contributed by atoms with van der Waals surface area (Å²) in [5.74, 6) is 1.78. The van der Waals surface area contributed by atoms with Crippen molar-refractivity contribution in [1.82, 2.24) is 5.32 Å². The topological polar surface area (TPSA) is 30.5 Å². The Labute approximate surface area is 128 Å². The fraction of sp³-hybridized carbons (Fsp3) is 0.667. The van der Waals surface area contributed by atoms with Crippen molar-refractivity contribution in [2.75, 3.05) is 7.11 Å². The molecular formula is C18H27NO2. The summed E-state index contributed by atoms with van der Waals surface area (Å²) in [5.41, 5.74) is 1.21. The highest BCUT2D eigenvalue weighted by atomic mass is 16.5. The number of hydrogen-bond acceptors (Lipinski definition) is 3. The molecule has 116 valence electrons. The van der Waals surface area contributed by atoms with Gasteiger partial charge >= 0.3 is 0 Å². The van der Waals surface area contributed by atoms with Gasteiger partial charge in [0.05, 0.1) is 19.8 Å². The van der Waals surface area contributed by atoms with Crippen LogP contribution in [0.25, 0.3) is 0 Å². The SMILES string of the molecule is COc1ccc(COC(C)C2C[C@@H]3CCCC[C@@H]3N2)cc1. The molecule has 1 saturated heterocycles. The molecule has 1 aliphatic heterocycles. The molecule has 2 fully saturated rings. The number of rotatable bonds is 5. The van der Waals surface area contributed by atoms with Gasteiger partial charge in [-0.1, -0.05) is 25.0 Å². The molecule has 0 bridgehead atoms. The minimum atomic E-state index is 0.276. The van der Waals surface area contributed by atoms with E-state index in [4.69, 9.17) is 9.47 Å². The monoisotopic (exact) mass is 289 g/mol. The highest BCUT2D eigenvalue weighted by molar-refractivity contribution is 5.26.